The van der Waals surface area contributed by atoms with Crippen LogP contribution in [0, 0.1) is 5.82 Å². The van der Waals surface area contributed by atoms with Gasteiger partial charge in [0, 0.05) is 23.4 Å². The number of anilines is 1. The van der Waals surface area contributed by atoms with E-state index in [4.69, 9.17) is 4.74 Å². The van der Waals surface area contributed by atoms with Crippen LogP contribution in [0.1, 0.15) is 26.3 Å². The molecule has 0 saturated heterocycles. The summed E-state index contributed by atoms with van der Waals surface area (Å²) in [5.74, 6) is -0.243. The van der Waals surface area contributed by atoms with Crippen LogP contribution >= 0.6 is 0 Å². The van der Waals surface area contributed by atoms with Crippen molar-refractivity contribution in [1.29, 1.82) is 0 Å². The van der Waals surface area contributed by atoms with Gasteiger partial charge in [0.05, 0.1) is 7.11 Å². The SMILES string of the molecule is COc1ccc(NC(=O)c2cccc(C(=O)NCCc3ccccc3F)c2)cc1. The average Bonchev–Trinajstić information content (AvgIpc) is 2.75. The van der Waals surface area contributed by atoms with Crippen molar-refractivity contribution < 1.29 is 18.7 Å². The minimum absolute atomic E-state index is 0.293. The van der Waals surface area contributed by atoms with E-state index in [1.54, 1.807) is 67.8 Å². The summed E-state index contributed by atoms with van der Waals surface area (Å²) >= 11 is 0. The maximum atomic E-state index is 13.6. The number of carbonyl (C=O) groups excluding carboxylic acids is 2. The number of halogens is 1. The Morgan fingerprint density at radius 2 is 1.59 bits per heavy atom. The van der Waals surface area contributed by atoms with Crippen molar-refractivity contribution in [2.75, 3.05) is 19.0 Å². The molecule has 0 atom stereocenters. The number of nitrogens with one attached hydrogen (secondary N) is 2. The van der Waals surface area contributed by atoms with Crippen LogP contribution in [0.4, 0.5) is 10.1 Å². The van der Waals surface area contributed by atoms with Crippen LogP contribution in [0.3, 0.4) is 0 Å². The summed E-state index contributed by atoms with van der Waals surface area (Å²) in [6.45, 7) is 0.294. The summed E-state index contributed by atoms with van der Waals surface area (Å²) in [5.41, 5.74) is 1.89. The molecular weight excluding hydrogens is 371 g/mol. The third-order valence-corrected chi connectivity index (χ3v) is 4.37. The lowest BCUT2D eigenvalue weighted by Crippen LogP contribution is -2.26. The van der Waals surface area contributed by atoms with Gasteiger partial charge in [0.2, 0.25) is 0 Å². The van der Waals surface area contributed by atoms with E-state index < -0.39 is 0 Å². The molecule has 0 fully saturated rings. The molecule has 0 bridgehead atoms. The first-order valence-corrected chi connectivity index (χ1v) is 9.14. The summed E-state index contributed by atoms with van der Waals surface area (Å²) in [4.78, 5) is 24.8. The topological polar surface area (TPSA) is 67.4 Å². The Kier molecular flexibility index (Phi) is 6.58. The van der Waals surface area contributed by atoms with E-state index in [1.807, 2.05) is 0 Å². The Bertz CT molecular complexity index is 1000. The summed E-state index contributed by atoms with van der Waals surface area (Å²) in [7, 11) is 1.57. The third kappa shape index (κ3) is 5.42. The fraction of sp³-hybridized carbons (Fsp3) is 0.130. The highest BCUT2D eigenvalue weighted by Gasteiger charge is 2.11. The molecule has 0 aliphatic rings. The van der Waals surface area contributed by atoms with Gasteiger partial charge in [-0.1, -0.05) is 24.3 Å². The molecule has 5 nitrogen and oxygen atoms in total. The van der Waals surface area contributed by atoms with Crippen molar-refractivity contribution in [3.8, 4) is 5.75 Å². The lowest BCUT2D eigenvalue weighted by Gasteiger charge is -2.09. The molecular formula is C23H21FN2O3. The highest BCUT2D eigenvalue weighted by Crippen LogP contribution is 2.16. The monoisotopic (exact) mass is 392 g/mol. The van der Waals surface area contributed by atoms with Crippen LogP contribution in [-0.4, -0.2) is 25.5 Å². The molecule has 0 aliphatic heterocycles. The molecule has 0 unspecified atom stereocenters. The number of ether oxygens (including phenoxy) is 1. The van der Waals surface area contributed by atoms with Crippen LogP contribution in [0.2, 0.25) is 0 Å². The van der Waals surface area contributed by atoms with Gasteiger partial charge in [0.1, 0.15) is 11.6 Å². The maximum Gasteiger partial charge on any atom is 0.255 e. The second-order valence-corrected chi connectivity index (χ2v) is 6.36. The Morgan fingerprint density at radius 1 is 0.897 bits per heavy atom. The molecule has 29 heavy (non-hydrogen) atoms. The number of methoxy groups -OCH3 is 1. The fourth-order valence-corrected chi connectivity index (χ4v) is 2.79. The number of amides is 2. The predicted octanol–water partition coefficient (Wildman–Crippen LogP) is 4.06. The molecule has 0 heterocycles. The van der Waals surface area contributed by atoms with Gasteiger partial charge in [-0.3, -0.25) is 9.59 Å². The van der Waals surface area contributed by atoms with Crippen molar-refractivity contribution in [3.63, 3.8) is 0 Å². The van der Waals surface area contributed by atoms with Gasteiger partial charge in [-0.15, -0.1) is 0 Å². The second kappa shape index (κ2) is 9.50. The Balaban J connectivity index is 1.59. The van der Waals surface area contributed by atoms with Crippen molar-refractivity contribution >= 4 is 17.5 Å². The highest BCUT2D eigenvalue weighted by atomic mass is 19.1. The first kappa shape index (κ1) is 20.1. The number of rotatable bonds is 7. The molecule has 0 aromatic heterocycles. The highest BCUT2D eigenvalue weighted by molar-refractivity contribution is 6.06. The third-order valence-electron chi connectivity index (χ3n) is 4.37. The molecule has 0 saturated carbocycles. The van der Waals surface area contributed by atoms with E-state index in [2.05, 4.69) is 10.6 Å². The van der Waals surface area contributed by atoms with Gasteiger partial charge in [-0.05, 0) is 60.5 Å². The molecule has 6 heteroatoms. The van der Waals surface area contributed by atoms with E-state index >= 15 is 0 Å². The molecule has 0 spiro atoms. The van der Waals surface area contributed by atoms with Gasteiger partial charge in [-0.25, -0.2) is 4.39 Å². The minimum atomic E-state index is -0.323. The van der Waals surface area contributed by atoms with Gasteiger partial charge in [-0.2, -0.15) is 0 Å². The Hall–Kier alpha value is -3.67. The van der Waals surface area contributed by atoms with Crippen LogP contribution in [0.25, 0.3) is 0 Å². The van der Waals surface area contributed by atoms with E-state index in [0.717, 1.165) is 0 Å². The van der Waals surface area contributed by atoms with Crippen molar-refractivity contribution in [2.45, 2.75) is 6.42 Å². The fourth-order valence-electron chi connectivity index (χ4n) is 2.79. The molecule has 0 radical (unpaired) electrons. The largest absolute Gasteiger partial charge is 0.497 e. The van der Waals surface area contributed by atoms with Gasteiger partial charge < -0.3 is 15.4 Å². The molecule has 2 N–H and O–H groups in total. The van der Waals surface area contributed by atoms with Crippen molar-refractivity contribution in [1.82, 2.24) is 5.32 Å². The molecule has 2 amide bonds. The summed E-state index contributed by atoms with van der Waals surface area (Å²) in [5, 5.41) is 5.53. The van der Waals surface area contributed by atoms with Gasteiger partial charge in [0.25, 0.3) is 11.8 Å². The standard InChI is InChI=1S/C23H21FN2O3/c1-29-20-11-9-19(10-12-20)26-23(28)18-7-4-6-17(15-18)22(27)25-14-13-16-5-2-3-8-21(16)24/h2-12,15H,13-14H2,1H3,(H,25,27)(H,26,28). The zero-order valence-electron chi connectivity index (χ0n) is 15.9. The summed E-state index contributed by atoms with van der Waals surface area (Å²) in [6, 6.07) is 19.8. The number of hydrogen-bond donors (Lipinski definition) is 2. The van der Waals surface area contributed by atoms with E-state index in [-0.39, 0.29) is 17.6 Å². The van der Waals surface area contributed by atoms with Crippen LogP contribution in [-0.2, 0) is 6.42 Å². The van der Waals surface area contributed by atoms with Crippen LogP contribution in [0.15, 0.2) is 72.8 Å². The second-order valence-electron chi connectivity index (χ2n) is 6.36. The smallest absolute Gasteiger partial charge is 0.255 e. The van der Waals surface area contributed by atoms with Crippen molar-refractivity contribution in [2.24, 2.45) is 0 Å². The van der Waals surface area contributed by atoms with Crippen molar-refractivity contribution in [3.05, 3.63) is 95.3 Å². The quantitative estimate of drug-likeness (QED) is 0.637. The maximum absolute atomic E-state index is 13.6. The number of carbonyl (C=O) groups is 2. The predicted molar refractivity (Wildman–Crippen MR) is 110 cm³/mol. The van der Waals surface area contributed by atoms with E-state index in [1.165, 1.54) is 12.1 Å². The molecule has 3 rings (SSSR count). The molecule has 0 aliphatic carbocycles. The average molecular weight is 392 g/mol. The summed E-state index contributed by atoms with van der Waals surface area (Å²) in [6.07, 6.45) is 0.385. The first-order valence-electron chi connectivity index (χ1n) is 9.14. The minimum Gasteiger partial charge on any atom is -0.497 e. The van der Waals surface area contributed by atoms with E-state index in [0.29, 0.717) is 41.1 Å². The lowest BCUT2D eigenvalue weighted by atomic mass is 10.1. The first-order chi connectivity index (χ1) is 14.1. The molecule has 3 aromatic carbocycles. The Morgan fingerprint density at radius 3 is 2.28 bits per heavy atom. The van der Waals surface area contributed by atoms with Crippen LogP contribution in [0.5, 0.6) is 5.75 Å². The van der Waals surface area contributed by atoms with Crippen LogP contribution < -0.4 is 15.4 Å². The zero-order chi connectivity index (χ0) is 20.6. The van der Waals surface area contributed by atoms with Gasteiger partial charge in [0.15, 0.2) is 0 Å². The Labute approximate surface area is 168 Å². The zero-order valence-corrected chi connectivity index (χ0v) is 15.9. The van der Waals surface area contributed by atoms with Gasteiger partial charge >= 0.3 is 0 Å². The lowest BCUT2D eigenvalue weighted by molar-refractivity contribution is 0.0954. The number of benzene rings is 3. The molecule has 3 aromatic rings. The van der Waals surface area contributed by atoms with E-state index in [9.17, 15) is 14.0 Å². The number of hydrogen-bond acceptors (Lipinski definition) is 3. The molecule has 148 valence electrons. The summed E-state index contributed by atoms with van der Waals surface area (Å²) < 4.78 is 18.7. The normalized spacial score (nSPS) is 10.3.